The van der Waals surface area contributed by atoms with Gasteiger partial charge in [-0.15, -0.1) is 0 Å². The summed E-state index contributed by atoms with van der Waals surface area (Å²) in [5.41, 5.74) is 1.39. The lowest BCUT2D eigenvalue weighted by Crippen LogP contribution is -2.52. The molecule has 0 aromatic heterocycles. The second kappa shape index (κ2) is 8.50. The monoisotopic (exact) mass is 400 g/mol. The van der Waals surface area contributed by atoms with Crippen LogP contribution in [0.2, 0.25) is 0 Å². The average Bonchev–Trinajstić information content (AvgIpc) is 3.04. The van der Waals surface area contributed by atoms with Gasteiger partial charge in [0.25, 0.3) is 0 Å². The third-order valence-electron chi connectivity index (χ3n) is 11.7. The zero-order valence-corrected chi connectivity index (χ0v) is 20.8. The summed E-state index contributed by atoms with van der Waals surface area (Å²) in [5, 5.41) is 0. The summed E-state index contributed by atoms with van der Waals surface area (Å²) in [6.45, 7) is 15.4. The van der Waals surface area contributed by atoms with Gasteiger partial charge in [0.05, 0.1) is 0 Å². The summed E-state index contributed by atoms with van der Waals surface area (Å²) in [6.07, 6.45) is 19.8. The minimum Gasteiger partial charge on any atom is -0.0651 e. The van der Waals surface area contributed by atoms with Crippen molar-refractivity contribution in [1.29, 1.82) is 0 Å². The third kappa shape index (κ3) is 3.86. The fraction of sp³-hybridized carbons (Fsp3) is 1.00. The Morgan fingerprint density at radius 2 is 1.55 bits per heavy atom. The zero-order valence-electron chi connectivity index (χ0n) is 20.8. The molecule has 9 atom stereocenters. The van der Waals surface area contributed by atoms with Crippen molar-refractivity contribution in [2.75, 3.05) is 0 Å². The lowest BCUT2D eigenvalue weighted by molar-refractivity contribution is -0.108. The quantitative estimate of drug-likeness (QED) is 0.417. The maximum absolute atomic E-state index is 2.77. The molecule has 0 amide bonds. The van der Waals surface area contributed by atoms with Crippen LogP contribution in [0.5, 0.6) is 0 Å². The molecule has 0 aromatic rings. The van der Waals surface area contributed by atoms with E-state index in [4.69, 9.17) is 0 Å². The van der Waals surface area contributed by atoms with Crippen molar-refractivity contribution in [2.45, 2.75) is 125 Å². The van der Waals surface area contributed by atoms with E-state index in [0.29, 0.717) is 10.8 Å². The van der Waals surface area contributed by atoms with Crippen molar-refractivity contribution in [1.82, 2.24) is 0 Å². The molecule has 0 nitrogen and oxygen atoms in total. The van der Waals surface area contributed by atoms with Gasteiger partial charge in [-0.25, -0.2) is 0 Å². The Balaban J connectivity index is 1.44. The van der Waals surface area contributed by atoms with Gasteiger partial charge in [-0.1, -0.05) is 67.2 Å². The summed E-state index contributed by atoms with van der Waals surface area (Å²) in [7, 11) is 0. The highest BCUT2D eigenvalue weighted by Crippen LogP contribution is 2.68. The Labute approximate surface area is 183 Å². The molecule has 4 aliphatic carbocycles. The Hall–Kier alpha value is 0. The van der Waals surface area contributed by atoms with Gasteiger partial charge in [0.1, 0.15) is 0 Å². The first-order chi connectivity index (χ1) is 13.8. The SMILES string of the molecule is CC[C@H](CC[C@@H](C)[C@H]1CC[C@@]2(C)[C@@H]1CC[C@@H]1[C@H]3CCCC[C@@]3(C)CC[C@H]12)C(C)C. The predicted molar refractivity (Wildman–Crippen MR) is 127 cm³/mol. The van der Waals surface area contributed by atoms with Gasteiger partial charge in [-0.05, 0) is 116 Å². The van der Waals surface area contributed by atoms with E-state index >= 15 is 0 Å². The predicted octanol–water partition coefficient (Wildman–Crippen LogP) is 9.13. The van der Waals surface area contributed by atoms with Gasteiger partial charge in [0.2, 0.25) is 0 Å². The largest absolute Gasteiger partial charge is 0.0651 e. The second-order valence-electron chi connectivity index (χ2n) is 13.2. The molecule has 0 heteroatoms. The molecule has 0 radical (unpaired) electrons. The fourth-order valence-corrected chi connectivity index (χ4v) is 9.78. The molecule has 4 rings (SSSR count). The second-order valence-corrected chi connectivity index (χ2v) is 13.2. The smallest absolute Gasteiger partial charge is 0.0264 e. The maximum Gasteiger partial charge on any atom is -0.0264 e. The van der Waals surface area contributed by atoms with Crippen molar-refractivity contribution in [2.24, 2.45) is 58.2 Å². The third-order valence-corrected chi connectivity index (χ3v) is 11.7. The standard InChI is InChI=1S/C29H52/c1-7-22(20(2)3)12-11-21(4)23-15-19-29(6)26(23)14-13-24-25-10-8-9-17-28(25,5)18-16-27(24)29/h20-27H,7-19H2,1-6H3/t21-,22-,23-,24-,25-,26-,27-,28+,29+/m1/s1. The molecule has 4 aliphatic rings. The zero-order chi connectivity index (χ0) is 20.8. The van der Waals surface area contributed by atoms with E-state index in [9.17, 15) is 0 Å². The molecule has 0 heterocycles. The van der Waals surface area contributed by atoms with Crippen LogP contribution in [-0.4, -0.2) is 0 Å². The molecule has 4 fully saturated rings. The minimum absolute atomic E-state index is 0.683. The molecule has 4 saturated carbocycles. The molecule has 0 N–H and O–H groups in total. The van der Waals surface area contributed by atoms with Gasteiger partial charge in [-0.3, -0.25) is 0 Å². The minimum atomic E-state index is 0.683. The van der Waals surface area contributed by atoms with Gasteiger partial charge in [-0.2, -0.15) is 0 Å². The van der Waals surface area contributed by atoms with E-state index < -0.39 is 0 Å². The Kier molecular flexibility index (Phi) is 6.51. The van der Waals surface area contributed by atoms with Crippen LogP contribution in [0.3, 0.4) is 0 Å². The molecule has 29 heavy (non-hydrogen) atoms. The van der Waals surface area contributed by atoms with E-state index in [-0.39, 0.29) is 0 Å². The molecule has 168 valence electrons. The van der Waals surface area contributed by atoms with Crippen LogP contribution in [-0.2, 0) is 0 Å². The summed E-state index contributed by atoms with van der Waals surface area (Å²) < 4.78 is 0. The van der Waals surface area contributed by atoms with Gasteiger partial charge < -0.3 is 0 Å². The topological polar surface area (TPSA) is 0 Å². The number of rotatable bonds is 6. The Morgan fingerprint density at radius 1 is 0.759 bits per heavy atom. The molecule has 0 spiro atoms. The number of hydrogen-bond acceptors (Lipinski definition) is 0. The Morgan fingerprint density at radius 3 is 2.28 bits per heavy atom. The van der Waals surface area contributed by atoms with Crippen molar-refractivity contribution in [3.05, 3.63) is 0 Å². The average molecular weight is 401 g/mol. The summed E-state index contributed by atoms with van der Waals surface area (Å²) >= 11 is 0. The molecule has 0 aromatic carbocycles. The highest BCUT2D eigenvalue weighted by atomic mass is 14.6. The normalized spacial score (nSPS) is 46.7. The lowest BCUT2D eigenvalue weighted by Gasteiger charge is -2.60. The van der Waals surface area contributed by atoms with Crippen LogP contribution in [0.15, 0.2) is 0 Å². The van der Waals surface area contributed by atoms with Crippen LogP contribution in [0, 0.1) is 58.2 Å². The van der Waals surface area contributed by atoms with Gasteiger partial charge in [0, 0.05) is 0 Å². The van der Waals surface area contributed by atoms with Crippen LogP contribution < -0.4 is 0 Å². The van der Waals surface area contributed by atoms with Crippen molar-refractivity contribution in [3.8, 4) is 0 Å². The first kappa shape index (κ1) is 22.2. The van der Waals surface area contributed by atoms with E-state index in [1.54, 1.807) is 44.9 Å². The van der Waals surface area contributed by atoms with Crippen molar-refractivity contribution < 1.29 is 0 Å². The number of hydrogen-bond donors (Lipinski definition) is 0. The van der Waals surface area contributed by atoms with Gasteiger partial charge >= 0.3 is 0 Å². The van der Waals surface area contributed by atoms with E-state index in [1.165, 1.54) is 38.5 Å². The van der Waals surface area contributed by atoms with Crippen LogP contribution in [0.1, 0.15) is 125 Å². The van der Waals surface area contributed by atoms with Gasteiger partial charge in [0.15, 0.2) is 0 Å². The van der Waals surface area contributed by atoms with E-state index in [2.05, 4.69) is 41.5 Å². The molecule has 0 saturated heterocycles. The van der Waals surface area contributed by atoms with E-state index in [0.717, 1.165) is 47.3 Å². The molecule has 0 bridgehead atoms. The van der Waals surface area contributed by atoms with E-state index in [1.807, 2.05) is 0 Å². The Bertz CT molecular complexity index is 548. The lowest BCUT2D eigenvalue weighted by atomic mass is 9.45. The fourth-order valence-electron chi connectivity index (χ4n) is 9.78. The molecular weight excluding hydrogens is 348 g/mol. The summed E-state index contributed by atoms with van der Waals surface area (Å²) in [6, 6.07) is 0. The first-order valence-electron chi connectivity index (χ1n) is 13.8. The number of fused-ring (bicyclic) bond motifs is 5. The summed E-state index contributed by atoms with van der Waals surface area (Å²) in [4.78, 5) is 0. The molecule has 0 unspecified atom stereocenters. The van der Waals surface area contributed by atoms with Crippen LogP contribution in [0.4, 0.5) is 0 Å². The first-order valence-corrected chi connectivity index (χ1v) is 13.8. The highest BCUT2D eigenvalue weighted by Gasteiger charge is 2.59. The van der Waals surface area contributed by atoms with Crippen LogP contribution >= 0.6 is 0 Å². The molecule has 0 aliphatic heterocycles. The van der Waals surface area contributed by atoms with Crippen LogP contribution in [0.25, 0.3) is 0 Å². The highest BCUT2D eigenvalue weighted by molar-refractivity contribution is 5.08. The van der Waals surface area contributed by atoms with Crippen molar-refractivity contribution >= 4 is 0 Å². The summed E-state index contributed by atoms with van der Waals surface area (Å²) in [5.74, 6) is 8.06. The van der Waals surface area contributed by atoms with Crippen molar-refractivity contribution in [3.63, 3.8) is 0 Å². The molecular formula is C29H52. The maximum atomic E-state index is 2.77.